The molecule has 0 radical (unpaired) electrons. The van der Waals surface area contributed by atoms with Crippen LogP contribution in [-0.2, 0) is 11.3 Å². The highest BCUT2D eigenvalue weighted by molar-refractivity contribution is 5.73. The first kappa shape index (κ1) is 15.0. The molecule has 2 amide bonds. The zero-order valence-electron chi connectivity index (χ0n) is 11.0. The quantitative estimate of drug-likeness (QED) is 0.566. The highest BCUT2D eigenvalue weighted by Gasteiger charge is 2.06. The lowest BCUT2D eigenvalue weighted by atomic mass is 10.0. The number of carboxylic acid groups (broad SMARTS) is 1. The van der Waals surface area contributed by atoms with Gasteiger partial charge in [-0.3, -0.25) is 4.79 Å². The average Bonchev–Trinajstić information content (AvgIpc) is 2.87. The fourth-order valence-corrected chi connectivity index (χ4v) is 1.57. The molecular formula is C12H20N4O3. The number of urea groups is 1. The van der Waals surface area contributed by atoms with Gasteiger partial charge in [0.15, 0.2) is 0 Å². The van der Waals surface area contributed by atoms with Crippen molar-refractivity contribution < 1.29 is 14.7 Å². The number of aromatic amines is 1. The Hall–Kier alpha value is -2.05. The number of nitrogens with one attached hydrogen (secondary N) is 3. The van der Waals surface area contributed by atoms with Gasteiger partial charge in [0.25, 0.3) is 0 Å². The summed E-state index contributed by atoms with van der Waals surface area (Å²) in [6.45, 7) is 2.86. The molecule has 0 aliphatic heterocycles. The van der Waals surface area contributed by atoms with E-state index in [4.69, 9.17) is 5.11 Å². The number of imidazole rings is 1. The molecule has 4 N–H and O–H groups in total. The Morgan fingerprint density at radius 3 is 2.84 bits per heavy atom. The molecule has 0 aromatic carbocycles. The summed E-state index contributed by atoms with van der Waals surface area (Å²) in [5, 5.41) is 13.9. The second-order valence-electron chi connectivity index (χ2n) is 4.47. The number of aliphatic carboxylic acids is 1. The summed E-state index contributed by atoms with van der Waals surface area (Å²) in [5.74, 6) is 0.197. The van der Waals surface area contributed by atoms with Crippen molar-refractivity contribution in [1.29, 1.82) is 0 Å². The minimum Gasteiger partial charge on any atom is -0.481 e. The molecule has 19 heavy (non-hydrogen) atoms. The summed E-state index contributed by atoms with van der Waals surface area (Å²) in [6, 6.07) is -0.248. The van der Waals surface area contributed by atoms with Gasteiger partial charge in [-0.05, 0) is 18.8 Å². The van der Waals surface area contributed by atoms with Crippen LogP contribution in [0.2, 0.25) is 0 Å². The first-order chi connectivity index (χ1) is 9.08. The first-order valence-electron chi connectivity index (χ1n) is 6.29. The Morgan fingerprint density at radius 1 is 1.42 bits per heavy atom. The molecule has 1 rings (SSSR count). The summed E-state index contributed by atoms with van der Waals surface area (Å²) < 4.78 is 0. The first-order valence-corrected chi connectivity index (χ1v) is 6.29. The van der Waals surface area contributed by atoms with Crippen LogP contribution in [0.3, 0.4) is 0 Å². The van der Waals surface area contributed by atoms with Crippen molar-refractivity contribution >= 4 is 12.0 Å². The Bertz CT molecular complexity index is 392. The number of carbonyl (C=O) groups is 2. The van der Waals surface area contributed by atoms with Crippen LogP contribution in [0.5, 0.6) is 0 Å². The van der Waals surface area contributed by atoms with Crippen molar-refractivity contribution in [3.8, 4) is 0 Å². The topological polar surface area (TPSA) is 107 Å². The molecule has 106 valence electrons. The van der Waals surface area contributed by atoms with E-state index in [1.807, 2.05) is 6.92 Å². The number of nitrogens with zero attached hydrogens (tertiary/aromatic N) is 1. The monoisotopic (exact) mass is 268 g/mol. The molecule has 1 aromatic rings. The maximum absolute atomic E-state index is 11.4. The van der Waals surface area contributed by atoms with Gasteiger partial charge >= 0.3 is 12.0 Å². The SMILES string of the molecule is CC(CCNC(=O)NCc1ncc[nH]1)CCC(=O)O. The minimum absolute atomic E-state index is 0.172. The van der Waals surface area contributed by atoms with Gasteiger partial charge in [0, 0.05) is 25.4 Å². The number of rotatable bonds is 8. The number of amides is 2. The smallest absolute Gasteiger partial charge is 0.315 e. The standard InChI is InChI=1S/C12H20N4O3/c1-9(2-3-11(17)18)4-5-15-12(19)16-8-10-13-6-7-14-10/h6-7,9H,2-5,8H2,1H3,(H,13,14)(H,17,18)(H2,15,16,19). The third kappa shape index (κ3) is 7.07. The Kier molecular flexibility index (Phi) is 6.42. The third-order valence-electron chi connectivity index (χ3n) is 2.74. The van der Waals surface area contributed by atoms with E-state index in [-0.39, 0.29) is 18.4 Å². The lowest BCUT2D eigenvalue weighted by Crippen LogP contribution is -2.36. The Balaban J connectivity index is 2.05. The summed E-state index contributed by atoms with van der Waals surface area (Å²) in [5.41, 5.74) is 0. The molecule has 7 nitrogen and oxygen atoms in total. The zero-order valence-corrected chi connectivity index (χ0v) is 11.0. The predicted octanol–water partition coefficient (Wildman–Crippen LogP) is 1.10. The molecule has 0 spiro atoms. The summed E-state index contributed by atoms with van der Waals surface area (Å²) in [6.07, 6.45) is 4.89. The molecule has 1 atom stereocenters. The molecule has 1 aromatic heterocycles. The fourth-order valence-electron chi connectivity index (χ4n) is 1.57. The van der Waals surface area contributed by atoms with Crippen molar-refractivity contribution in [3.05, 3.63) is 18.2 Å². The second kappa shape index (κ2) is 8.12. The van der Waals surface area contributed by atoms with E-state index in [9.17, 15) is 9.59 Å². The highest BCUT2D eigenvalue weighted by atomic mass is 16.4. The van der Waals surface area contributed by atoms with E-state index in [2.05, 4.69) is 20.6 Å². The van der Waals surface area contributed by atoms with Crippen LogP contribution in [0.1, 0.15) is 32.0 Å². The van der Waals surface area contributed by atoms with Crippen LogP contribution >= 0.6 is 0 Å². The summed E-state index contributed by atoms with van der Waals surface area (Å²) in [7, 11) is 0. The van der Waals surface area contributed by atoms with E-state index >= 15 is 0 Å². The Labute approximate surface area is 111 Å². The number of hydrogen-bond acceptors (Lipinski definition) is 3. The average molecular weight is 268 g/mol. The van der Waals surface area contributed by atoms with Gasteiger partial charge in [-0.1, -0.05) is 6.92 Å². The van der Waals surface area contributed by atoms with Crippen molar-refractivity contribution in [1.82, 2.24) is 20.6 Å². The van der Waals surface area contributed by atoms with Gasteiger partial charge in [0.2, 0.25) is 0 Å². The van der Waals surface area contributed by atoms with Gasteiger partial charge in [-0.2, -0.15) is 0 Å². The molecule has 1 unspecified atom stereocenters. The van der Waals surface area contributed by atoms with E-state index in [0.29, 0.717) is 25.3 Å². The molecule has 7 heteroatoms. The number of hydrogen-bond donors (Lipinski definition) is 4. The molecule has 0 saturated carbocycles. The van der Waals surface area contributed by atoms with Crippen LogP contribution in [0, 0.1) is 5.92 Å². The van der Waals surface area contributed by atoms with Crippen molar-refractivity contribution in [2.75, 3.05) is 6.54 Å². The Morgan fingerprint density at radius 2 is 2.21 bits per heavy atom. The lowest BCUT2D eigenvalue weighted by Gasteiger charge is -2.11. The maximum atomic E-state index is 11.4. The van der Waals surface area contributed by atoms with Gasteiger partial charge < -0.3 is 20.7 Å². The van der Waals surface area contributed by atoms with E-state index in [1.165, 1.54) is 0 Å². The molecular weight excluding hydrogens is 248 g/mol. The van der Waals surface area contributed by atoms with E-state index in [1.54, 1.807) is 12.4 Å². The largest absolute Gasteiger partial charge is 0.481 e. The van der Waals surface area contributed by atoms with Crippen LogP contribution in [0.15, 0.2) is 12.4 Å². The van der Waals surface area contributed by atoms with Crippen molar-refractivity contribution in [2.24, 2.45) is 5.92 Å². The van der Waals surface area contributed by atoms with Crippen LogP contribution in [0.4, 0.5) is 4.79 Å². The highest BCUT2D eigenvalue weighted by Crippen LogP contribution is 2.08. The van der Waals surface area contributed by atoms with Gasteiger partial charge in [-0.25, -0.2) is 9.78 Å². The molecule has 0 bridgehead atoms. The third-order valence-corrected chi connectivity index (χ3v) is 2.74. The number of aromatic nitrogens is 2. The second-order valence-corrected chi connectivity index (χ2v) is 4.47. The van der Waals surface area contributed by atoms with Crippen molar-refractivity contribution in [2.45, 2.75) is 32.7 Å². The zero-order chi connectivity index (χ0) is 14.1. The molecule has 0 aliphatic carbocycles. The molecule has 1 heterocycles. The lowest BCUT2D eigenvalue weighted by molar-refractivity contribution is -0.137. The fraction of sp³-hybridized carbons (Fsp3) is 0.583. The summed E-state index contributed by atoms with van der Waals surface area (Å²) in [4.78, 5) is 28.7. The molecule has 0 aliphatic rings. The number of carbonyl (C=O) groups excluding carboxylic acids is 1. The van der Waals surface area contributed by atoms with Crippen LogP contribution in [-0.4, -0.2) is 33.6 Å². The molecule has 0 fully saturated rings. The minimum atomic E-state index is -0.781. The van der Waals surface area contributed by atoms with Crippen molar-refractivity contribution in [3.63, 3.8) is 0 Å². The maximum Gasteiger partial charge on any atom is 0.315 e. The summed E-state index contributed by atoms with van der Waals surface area (Å²) >= 11 is 0. The van der Waals surface area contributed by atoms with Gasteiger partial charge in [-0.15, -0.1) is 0 Å². The predicted molar refractivity (Wildman–Crippen MR) is 69.5 cm³/mol. The van der Waals surface area contributed by atoms with Gasteiger partial charge in [0.05, 0.1) is 6.54 Å². The van der Waals surface area contributed by atoms with Gasteiger partial charge in [0.1, 0.15) is 5.82 Å². The molecule has 0 saturated heterocycles. The van der Waals surface area contributed by atoms with Crippen LogP contribution < -0.4 is 10.6 Å². The number of carboxylic acids is 1. The van der Waals surface area contributed by atoms with Crippen LogP contribution in [0.25, 0.3) is 0 Å². The number of H-pyrrole nitrogens is 1. The van der Waals surface area contributed by atoms with E-state index < -0.39 is 5.97 Å². The van der Waals surface area contributed by atoms with E-state index in [0.717, 1.165) is 6.42 Å². The normalized spacial score (nSPS) is 11.8.